The van der Waals surface area contributed by atoms with Gasteiger partial charge in [-0.2, -0.15) is 4.98 Å². The Bertz CT molecular complexity index is 1140. The number of aliphatic hydroxyl groups is 3. The quantitative estimate of drug-likeness (QED) is 0.307. The Labute approximate surface area is 196 Å². The van der Waals surface area contributed by atoms with E-state index in [1.165, 1.54) is 0 Å². The summed E-state index contributed by atoms with van der Waals surface area (Å²) in [5.41, 5.74) is 1.67. The molecule has 1 aliphatic rings. The minimum absolute atomic E-state index is 0.157. The largest absolute Gasteiger partial charge is 0.478 e. The molecule has 1 fully saturated rings. The van der Waals surface area contributed by atoms with Gasteiger partial charge in [0.15, 0.2) is 5.58 Å². The molecule has 4 atom stereocenters. The van der Waals surface area contributed by atoms with E-state index in [0.717, 1.165) is 5.39 Å². The maximum Gasteiger partial charge on any atom is 0.226 e. The second-order valence-electron chi connectivity index (χ2n) is 8.01. The highest BCUT2D eigenvalue weighted by Crippen LogP contribution is 2.39. The fourth-order valence-electron chi connectivity index (χ4n) is 4.14. The molecule has 1 aliphatic carbocycles. The lowest BCUT2D eigenvalue weighted by Crippen LogP contribution is -2.35. The van der Waals surface area contributed by atoms with Crippen molar-refractivity contribution in [3.8, 4) is 17.2 Å². The average Bonchev–Trinajstić information content (AvgIpc) is 3.30. The Morgan fingerprint density at radius 1 is 1.18 bits per heavy atom. The van der Waals surface area contributed by atoms with Gasteiger partial charge in [-0.05, 0) is 33.3 Å². The van der Waals surface area contributed by atoms with Gasteiger partial charge < -0.3 is 35.1 Å². The van der Waals surface area contributed by atoms with Crippen LogP contribution >= 0.6 is 11.6 Å². The maximum atomic E-state index is 10.5. The van der Waals surface area contributed by atoms with Crippen molar-refractivity contribution in [2.45, 2.75) is 45.4 Å². The summed E-state index contributed by atoms with van der Waals surface area (Å²) in [6, 6.07) is 3.05. The zero-order chi connectivity index (χ0) is 23.7. The van der Waals surface area contributed by atoms with Gasteiger partial charge in [-0.25, -0.2) is 9.97 Å². The normalized spacial score (nSPS) is 22.6. The number of aromatic nitrogens is 3. The van der Waals surface area contributed by atoms with Gasteiger partial charge in [0.05, 0.1) is 30.0 Å². The molecule has 178 valence electrons. The molecule has 0 amide bonds. The van der Waals surface area contributed by atoms with E-state index >= 15 is 0 Å². The van der Waals surface area contributed by atoms with Crippen molar-refractivity contribution in [2.24, 2.45) is 5.92 Å². The van der Waals surface area contributed by atoms with E-state index in [4.69, 9.17) is 20.8 Å². The fraction of sp³-hybridized carbons (Fsp3) is 0.500. The molecule has 1 saturated carbocycles. The van der Waals surface area contributed by atoms with Gasteiger partial charge in [0, 0.05) is 30.5 Å². The number of rotatable bonds is 8. The third-order valence-electron chi connectivity index (χ3n) is 5.74. The third kappa shape index (κ3) is 4.56. The van der Waals surface area contributed by atoms with Crippen LogP contribution in [0.4, 0.5) is 11.8 Å². The van der Waals surface area contributed by atoms with E-state index in [2.05, 4.69) is 25.6 Å². The first kappa shape index (κ1) is 23.5. The number of nitrogens with zero attached hydrogens (tertiary/aromatic N) is 3. The van der Waals surface area contributed by atoms with E-state index in [0.29, 0.717) is 59.8 Å². The number of hydrogen-bond acceptors (Lipinski definition) is 10. The number of halogens is 1. The highest BCUT2D eigenvalue weighted by Gasteiger charge is 2.41. The van der Waals surface area contributed by atoms with Crippen LogP contribution in [0, 0.1) is 12.8 Å². The Morgan fingerprint density at radius 3 is 2.64 bits per heavy atom. The van der Waals surface area contributed by atoms with Gasteiger partial charge >= 0.3 is 0 Å². The number of anilines is 2. The van der Waals surface area contributed by atoms with Crippen LogP contribution in [-0.4, -0.2) is 68.3 Å². The number of nitrogens with one attached hydrogen (secondary N) is 2. The summed E-state index contributed by atoms with van der Waals surface area (Å²) in [5.74, 6) is 1.13. The second-order valence-corrected chi connectivity index (χ2v) is 8.37. The Kier molecular flexibility index (Phi) is 6.89. The van der Waals surface area contributed by atoms with Gasteiger partial charge in [-0.15, -0.1) is 0 Å². The smallest absolute Gasteiger partial charge is 0.226 e. The van der Waals surface area contributed by atoms with Crippen LogP contribution in [0.15, 0.2) is 16.5 Å². The molecule has 3 heterocycles. The molecule has 11 heteroatoms. The standard InChI is InChI=1S/C22H28ClN5O5/c1-4-24-22-27-20(23)16(21(28-22)26-13-6-12(9-29)17(30)18(13)31)14-7-11-8-15(32-5-2)25-10(3)19(11)33-14/h7-8,12-13,17-18,29-31H,4-6,9H2,1-3H3,(H2,24,26,27,28)/t12-,13-,17-,18+/m1/s1. The van der Waals surface area contributed by atoms with Gasteiger partial charge in [0.2, 0.25) is 11.8 Å². The lowest BCUT2D eigenvalue weighted by atomic mass is 10.1. The Hall–Kier alpha value is -2.66. The van der Waals surface area contributed by atoms with Crippen molar-refractivity contribution in [3.63, 3.8) is 0 Å². The lowest BCUT2D eigenvalue weighted by Gasteiger charge is -2.20. The molecule has 0 bridgehead atoms. The number of fused-ring (bicyclic) bond motifs is 1. The second kappa shape index (κ2) is 9.68. The Morgan fingerprint density at radius 2 is 1.97 bits per heavy atom. The molecule has 3 aromatic heterocycles. The van der Waals surface area contributed by atoms with Crippen LogP contribution in [0.2, 0.25) is 5.15 Å². The molecule has 5 N–H and O–H groups in total. The number of ether oxygens (including phenoxy) is 1. The number of pyridine rings is 1. The molecular weight excluding hydrogens is 450 g/mol. The van der Waals surface area contributed by atoms with Crippen molar-refractivity contribution < 1.29 is 24.5 Å². The van der Waals surface area contributed by atoms with Crippen molar-refractivity contribution in [1.29, 1.82) is 0 Å². The van der Waals surface area contributed by atoms with E-state index in [1.54, 1.807) is 6.07 Å². The zero-order valence-corrected chi connectivity index (χ0v) is 19.4. The molecule has 0 aromatic carbocycles. The predicted octanol–water partition coefficient (Wildman–Crippen LogP) is 2.59. The van der Waals surface area contributed by atoms with E-state index < -0.39 is 24.2 Å². The third-order valence-corrected chi connectivity index (χ3v) is 6.02. The number of aryl methyl sites for hydroxylation is 1. The van der Waals surface area contributed by atoms with Crippen LogP contribution in [-0.2, 0) is 0 Å². The SMILES string of the molecule is CCNc1nc(Cl)c(-c2cc3cc(OCC)nc(C)c3o2)c(N[C@@H]2C[C@H](CO)[C@@H](O)[C@H]2O)n1. The Balaban J connectivity index is 1.78. The van der Waals surface area contributed by atoms with Crippen LogP contribution in [0.25, 0.3) is 22.3 Å². The summed E-state index contributed by atoms with van der Waals surface area (Å²) in [4.78, 5) is 13.3. The highest BCUT2D eigenvalue weighted by molar-refractivity contribution is 6.32. The zero-order valence-electron chi connectivity index (χ0n) is 18.7. The van der Waals surface area contributed by atoms with Gasteiger partial charge in [-0.1, -0.05) is 11.6 Å². The summed E-state index contributed by atoms with van der Waals surface area (Å²) in [6.07, 6.45) is -1.77. The first-order valence-electron chi connectivity index (χ1n) is 11.0. The summed E-state index contributed by atoms with van der Waals surface area (Å²) >= 11 is 6.58. The fourth-order valence-corrected chi connectivity index (χ4v) is 4.40. The molecule has 4 rings (SSSR count). The van der Waals surface area contributed by atoms with Crippen LogP contribution in [0.3, 0.4) is 0 Å². The molecule has 0 spiro atoms. The minimum atomic E-state index is -1.08. The number of aliphatic hydroxyl groups excluding tert-OH is 3. The summed E-state index contributed by atoms with van der Waals surface area (Å²) < 4.78 is 11.6. The summed E-state index contributed by atoms with van der Waals surface area (Å²) in [7, 11) is 0. The lowest BCUT2D eigenvalue weighted by molar-refractivity contribution is 0.00446. The van der Waals surface area contributed by atoms with Crippen molar-refractivity contribution in [2.75, 3.05) is 30.4 Å². The number of hydrogen-bond donors (Lipinski definition) is 5. The van der Waals surface area contributed by atoms with Crippen molar-refractivity contribution >= 4 is 34.3 Å². The van der Waals surface area contributed by atoms with Crippen LogP contribution < -0.4 is 15.4 Å². The molecule has 3 aromatic rings. The molecule has 0 radical (unpaired) electrons. The molecule has 10 nitrogen and oxygen atoms in total. The highest BCUT2D eigenvalue weighted by atomic mass is 35.5. The summed E-state index contributed by atoms with van der Waals surface area (Å²) in [5, 5.41) is 37.4. The molecule has 0 unspecified atom stereocenters. The average molecular weight is 478 g/mol. The van der Waals surface area contributed by atoms with Gasteiger partial charge in [0.1, 0.15) is 22.8 Å². The van der Waals surface area contributed by atoms with E-state index in [9.17, 15) is 15.3 Å². The maximum absolute atomic E-state index is 10.5. The van der Waals surface area contributed by atoms with Gasteiger partial charge in [-0.3, -0.25) is 0 Å². The first-order chi connectivity index (χ1) is 15.9. The molecule has 0 saturated heterocycles. The van der Waals surface area contributed by atoms with Crippen molar-refractivity contribution in [3.05, 3.63) is 23.0 Å². The monoisotopic (exact) mass is 477 g/mol. The summed E-state index contributed by atoms with van der Waals surface area (Å²) in [6.45, 7) is 6.48. The van der Waals surface area contributed by atoms with Gasteiger partial charge in [0.25, 0.3) is 0 Å². The molecule has 33 heavy (non-hydrogen) atoms. The van der Waals surface area contributed by atoms with E-state index in [-0.39, 0.29) is 11.8 Å². The molecule has 0 aliphatic heterocycles. The first-order valence-corrected chi connectivity index (χ1v) is 11.3. The van der Waals surface area contributed by atoms with E-state index in [1.807, 2.05) is 26.8 Å². The predicted molar refractivity (Wildman–Crippen MR) is 125 cm³/mol. The minimum Gasteiger partial charge on any atom is -0.478 e. The van der Waals surface area contributed by atoms with Crippen molar-refractivity contribution in [1.82, 2.24) is 15.0 Å². The topological polar surface area (TPSA) is 146 Å². The van der Waals surface area contributed by atoms with Crippen LogP contribution in [0.5, 0.6) is 5.88 Å². The molecular formula is C22H28ClN5O5. The number of furan rings is 1. The van der Waals surface area contributed by atoms with Crippen LogP contribution in [0.1, 0.15) is 26.0 Å².